The highest BCUT2D eigenvalue weighted by Crippen LogP contribution is 2.26. The highest BCUT2D eigenvalue weighted by Gasteiger charge is 2.17. The predicted molar refractivity (Wildman–Crippen MR) is 64.8 cm³/mol. The summed E-state index contributed by atoms with van der Waals surface area (Å²) in [7, 11) is 0. The van der Waals surface area contributed by atoms with Crippen molar-refractivity contribution in [1.82, 2.24) is 10.2 Å². The van der Waals surface area contributed by atoms with E-state index in [0.29, 0.717) is 0 Å². The highest BCUT2D eigenvalue weighted by molar-refractivity contribution is 7.98. The molecule has 1 heterocycles. The van der Waals surface area contributed by atoms with Gasteiger partial charge in [-0.25, -0.2) is 0 Å². The van der Waals surface area contributed by atoms with Gasteiger partial charge in [-0.1, -0.05) is 23.9 Å². The molecule has 9 heteroatoms. The summed E-state index contributed by atoms with van der Waals surface area (Å²) in [4.78, 5) is 9.83. The molecule has 100 valence electrons. The number of nitrogens with zero attached hydrogens (tertiary/aromatic N) is 3. The second-order valence-electron chi connectivity index (χ2n) is 3.46. The standard InChI is InChI=1S/C10H9FN4O3S/c11-9-6(2-1-3-7(9)15(16)17)5-19-10-14-13-8(4-12)18-10/h1-3H,4-5,12H2. The van der Waals surface area contributed by atoms with Gasteiger partial charge >= 0.3 is 5.69 Å². The summed E-state index contributed by atoms with van der Waals surface area (Å²) < 4.78 is 18.9. The molecule has 0 radical (unpaired) electrons. The van der Waals surface area contributed by atoms with Gasteiger partial charge in [-0.2, -0.15) is 4.39 Å². The molecule has 0 fully saturated rings. The monoisotopic (exact) mass is 284 g/mol. The van der Waals surface area contributed by atoms with Crippen LogP contribution < -0.4 is 5.73 Å². The molecule has 0 spiro atoms. The molecule has 2 rings (SSSR count). The van der Waals surface area contributed by atoms with Crippen LogP contribution in [0.15, 0.2) is 27.8 Å². The van der Waals surface area contributed by atoms with Crippen LogP contribution in [0, 0.1) is 15.9 Å². The molecule has 0 saturated carbocycles. The van der Waals surface area contributed by atoms with E-state index in [-0.39, 0.29) is 29.0 Å². The van der Waals surface area contributed by atoms with Gasteiger partial charge < -0.3 is 10.2 Å². The Kier molecular flexibility index (Phi) is 4.07. The minimum atomic E-state index is -0.849. The highest BCUT2D eigenvalue weighted by atomic mass is 32.2. The minimum Gasteiger partial charge on any atom is -0.415 e. The van der Waals surface area contributed by atoms with Gasteiger partial charge in [0.05, 0.1) is 11.5 Å². The van der Waals surface area contributed by atoms with Crippen molar-refractivity contribution in [2.75, 3.05) is 0 Å². The first-order chi connectivity index (χ1) is 9.11. The fraction of sp³-hybridized carbons (Fsp3) is 0.200. The van der Waals surface area contributed by atoms with Crippen molar-refractivity contribution in [3.8, 4) is 0 Å². The maximum atomic E-state index is 13.8. The fourth-order valence-corrected chi connectivity index (χ4v) is 2.09. The maximum absolute atomic E-state index is 13.8. The molecule has 0 aliphatic heterocycles. The van der Waals surface area contributed by atoms with E-state index in [9.17, 15) is 14.5 Å². The number of rotatable bonds is 5. The Labute approximate surface area is 111 Å². The van der Waals surface area contributed by atoms with Gasteiger partial charge in [0, 0.05) is 17.4 Å². The molecule has 1 aromatic heterocycles. The summed E-state index contributed by atoms with van der Waals surface area (Å²) in [5, 5.41) is 18.2. The van der Waals surface area contributed by atoms with Gasteiger partial charge in [-0.3, -0.25) is 10.1 Å². The second kappa shape index (κ2) is 5.76. The molecule has 0 amide bonds. The molecule has 2 N–H and O–H groups in total. The molecule has 19 heavy (non-hydrogen) atoms. The summed E-state index contributed by atoms with van der Waals surface area (Å²) in [5.41, 5.74) is 4.96. The molecule has 0 bridgehead atoms. The van der Waals surface area contributed by atoms with Crippen LogP contribution in [0.2, 0.25) is 0 Å². The molecule has 0 aliphatic carbocycles. The van der Waals surface area contributed by atoms with Crippen molar-refractivity contribution < 1.29 is 13.7 Å². The molecule has 0 unspecified atom stereocenters. The van der Waals surface area contributed by atoms with Crippen molar-refractivity contribution in [1.29, 1.82) is 0 Å². The van der Waals surface area contributed by atoms with E-state index in [4.69, 9.17) is 10.2 Å². The van der Waals surface area contributed by atoms with Gasteiger partial charge in [-0.15, -0.1) is 10.2 Å². The zero-order chi connectivity index (χ0) is 13.8. The minimum absolute atomic E-state index is 0.124. The summed E-state index contributed by atoms with van der Waals surface area (Å²) in [5.74, 6) is -0.416. The van der Waals surface area contributed by atoms with Crippen LogP contribution in [-0.4, -0.2) is 15.1 Å². The van der Waals surface area contributed by atoms with E-state index in [1.54, 1.807) is 0 Å². The molecule has 1 aromatic carbocycles. The number of aromatic nitrogens is 2. The lowest BCUT2D eigenvalue weighted by Crippen LogP contribution is -1.96. The van der Waals surface area contributed by atoms with Crippen molar-refractivity contribution in [3.63, 3.8) is 0 Å². The zero-order valence-electron chi connectivity index (χ0n) is 9.58. The molecular formula is C10H9FN4O3S. The number of nitrogens with two attached hydrogens (primary N) is 1. The van der Waals surface area contributed by atoms with E-state index in [1.807, 2.05) is 0 Å². The van der Waals surface area contributed by atoms with Gasteiger partial charge in [-0.05, 0) is 0 Å². The normalized spacial score (nSPS) is 10.6. The van der Waals surface area contributed by atoms with Crippen molar-refractivity contribution in [2.24, 2.45) is 5.73 Å². The number of nitro benzene ring substituents is 1. The quantitative estimate of drug-likeness (QED) is 0.507. The SMILES string of the molecule is NCc1nnc(SCc2cccc([N+](=O)[O-])c2F)o1. The number of thioether (sulfide) groups is 1. The van der Waals surface area contributed by atoms with E-state index in [2.05, 4.69) is 10.2 Å². The van der Waals surface area contributed by atoms with Gasteiger partial charge in [0.2, 0.25) is 11.7 Å². The lowest BCUT2D eigenvalue weighted by atomic mass is 10.2. The van der Waals surface area contributed by atoms with Crippen molar-refractivity contribution in [2.45, 2.75) is 17.5 Å². The number of halogens is 1. The van der Waals surface area contributed by atoms with Crippen LogP contribution in [0.1, 0.15) is 11.5 Å². The molecule has 7 nitrogen and oxygen atoms in total. The first-order valence-electron chi connectivity index (χ1n) is 5.19. The average Bonchev–Trinajstić information content (AvgIpc) is 2.85. The van der Waals surface area contributed by atoms with Crippen LogP contribution >= 0.6 is 11.8 Å². The van der Waals surface area contributed by atoms with E-state index in [1.165, 1.54) is 12.1 Å². The van der Waals surface area contributed by atoms with Crippen LogP contribution in [0.4, 0.5) is 10.1 Å². The Balaban J connectivity index is 2.11. The van der Waals surface area contributed by atoms with Gasteiger partial charge in [0.25, 0.3) is 5.22 Å². The lowest BCUT2D eigenvalue weighted by Gasteiger charge is -2.01. The largest absolute Gasteiger partial charge is 0.415 e. The van der Waals surface area contributed by atoms with Crippen LogP contribution in [0.25, 0.3) is 0 Å². The summed E-state index contributed by atoms with van der Waals surface area (Å²) in [6.07, 6.45) is 0. The number of benzene rings is 1. The van der Waals surface area contributed by atoms with Crippen molar-refractivity contribution in [3.05, 3.63) is 45.6 Å². The van der Waals surface area contributed by atoms with E-state index in [0.717, 1.165) is 17.8 Å². The maximum Gasteiger partial charge on any atom is 0.305 e. The van der Waals surface area contributed by atoms with Gasteiger partial charge in [0.1, 0.15) is 0 Å². The van der Waals surface area contributed by atoms with Crippen molar-refractivity contribution >= 4 is 17.4 Å². The summed E-state index contributed by atoms with van der Waals surface area (Å²) in [6, 6.07) is 4.01. The second-order valence-corrected chi connectivity index (χ2v) is 4.39. The third kappa shape index (κ3) is 3.06. The lowest BCUT2D eigenvalue weighted by molar-refractivity contribution is -0.387. The molecule has 0 aliphatic rings. The van der Waals surface area contributed by atoms with Crippen LogP contribution in [0.3, 0.4) is 0 Å². The molecule has 0 saturated heterocycles. The number of nitro groups is 1. The van der Waals surface area contributed by atoms with Crippen LogP contribution in [0.5, 0.6) is 0 Å². The Morgan fingerprint density at radius 3 is 2.89 bits per heavy atom. The average molecular weight is 284 g/mol. The smallest absolute Gasteiger partial charge is 0.305 e. The molecule has 2 aromatic rings. The van der Waals surface area contributed by atoms with E-state index >= 15 is 0 Å². The predicted octanol–water partition coefficient (Wildman–Crippen LogP) is 1.87. The topological polar surface area (TPSA) is 108 Å². The Hall–Kier alpha value is -2.00. The van der Waals surface area contributed by atoms with Gasteiger partial charge in [0.15, 0.2) is 0 Å². The first-order valence-corrected chi connectivity index (χ1v) is 6.17. The zero-order valence-corrected chi connectivity index (χ0v) is 10.4. The summed E-state index contributed by atoms with van der Waals surface area (Å²) in [6.45, 7) is 0.124. The molecule has 0 atom stereocenters. The number of hydrogen-bond acceptors (Lipinski definition) is 7. The fourth-order valence-electron chi connectivity index (χ4n) is 1.34. The Bertz CT molecular complexity index is 604. The Morgan fingerprint density at radius 1 is 1.47 bits per heavy atom. The van der Waals surface area contributed by atoms with Crippen LogP contribution in [-0.2, 0) is 12.3 Å². The third-order valence-corrected chi connectivity index (χ3v) is 3.10. The Morgan fingerprint density at radius 2 is 2.26 bits per heavy atom. The third-order valence-electron chi connectivity index (χ3n) is 2.23. The first kappa shape index (κ1) is 13.4. The number of hydrogen-bond donors (Lipinski definition) is 1. The van der Waals surface area contributed by atoms with E-state index < -0.39 is 16.4 Å². The summed E-state index contributed by atoms with van der Waals surface area (Å²) >= 11 is 1.09. The molecular weight excluding hydrogens is 275 g/mol.